The summed E-state index contributed by atoms with van der Waals surface area (Å²) in [5.74, 6) is 0.544. The van der Waals surface area contributed by atoms with Crippen LogP contribution in [0.1, 0.15) is 19.4 Å². The molecule has 0 amide bonds. The third kappa shape index (κ3) is 3.84. The summed E-state index contributed by atoms with van der Waals surface area (Å²) in [5, 5.41) is 3.72. The molecular weight excluding hydrogens is 272 g/mol. The molecule has 0 aliphatic rings. The van der Waals surface area contributed by atoms with Gasteiger partial charge in [0.2, 0.25) is 11.1 Å². The van der Waals surface area contributed by atoms with Crippen LogP contribution in [0.4, 0.5) is 5.95 Å². The Morgan fingerprint density at radius 2 is 1.95 bits per heavy atom. The second kappa shape index (κ2) is 7.09. The van der Waals surface area contributed by atoms with Gasteiger partial charge in [-0.25, -0.2) is 0 Å². The SMILES string of the molecule is CCNc1nc(OCC)nc(Sc2ccccc2C)n1. The molecule has 1 aromatic heterocycles. The Balaban J connectivity index is 2.28. The Morgan fingerprint density at radius 3 is 2.65 bits per heavy atom. The lowest BCUT2D eigenvalue weighted by molar-refractivity contribution is 0.308. The monoisotopic (exact) mass is 290 g/mol. The van der Waals surface area contributed by atoms with Crippen molar-refractivity contribution in [1.29, 1.82) is 0 Å². The number of aromatic nitrogens is 3. The van der Waals surface area contributed by atoms with Crippen LogP contribution in [0.2, 0.25) is 0 Å². The van der Waals surface area contributed by atoms with Crippen molar-refractivity contribution in [2.45, 2.75) is 30.8 Å². The Hall–Kier alpha value is -1.82. The van der Waals surface area contributed by atoms with Gasteiger partial charge in [0, 0.05) is 11.4 Å². The summed E-state index contributed by atoms with van der Waals surface area (Å²) in [4.78, 5) is 14.0. The molecule has 5 nitrogen and oxygen atoms in total. The van der Waals surface area contributed by atoms with E-state index >= 15 is 0 Å². The number of rotatable bonds is 6. The lowest BCUT2D eigenvalue weighted by Crippen LogP contribution is -2.07. The molecule has 1 aromatic carbocycles. The van der Waals surface area contributed by atoms with E-state index in [1.807, 2.05) is 26.0 Å². The van der Waals surface area contributed by atoms with E-state index in [4.69, 9.17) is 4.74 Å². The first-order chi connectivity index (χ1) is 9.72. The molecule has 106 valence electrons. The number of benzene rings is 1. The minimum atomic E-state index is 0.356. The highest BCUT2D eigenvalue weighted by Gasteiger charge is 2.09. The van der Waals surface area contributed by atoms with Gasteiger partial charge in [0.1, 0.15) is 0 Å². The predicted molar refractivity (Wildman–Crippen MR) is 80.5 cm³/mol. The number of hydrogen-bond donors (Lipinski definition) is 1. The number of nitrogens with one attached hydrogen (secondary N) is 1. The van der Waals surface area contributed by atoms with Crippen LogP contribution >= 0.6 is 11.8 Å². The molecule has 0 aliphatic heterocycles. The number of anilines is 1. The van der Waals surface area contributed by atoms with E-state index in [0.29, 0.717) is 23.7 Å². The van der Waals surface area contributed by atoms with E-state index in [1.165, 1.54) is 17.3 Å². The van der Waals surface area contributed by atoms with Crippen molar-refractivity contribution in [3.63, 3.8) is 0 Å². The maximum atomic E-state index is 5.39. The lowest BCUT2D eigenvalue weighted by Gasteiger charge is -2.08. The molecule has 0 radical (unpaired) electrons. The fraction of sp³-hybridized carbons (Fsp3) is 0.357. The molecule has 2 aromatic rings. The molecule has 0 unspecified atom stereocenters. The van der Waals surface area contributed by atoms with Gasteiger partial charge in [-0.2, -0.15) is 15.0 Å². The summed E-state index contributed by atoms with van der Waals surface area (Å²) in [6, 6.07) is 8.50. The summed E-state index contributed by atoms with van der Waals surface area (Å²) in [7, 11) is 0. The minimum Gasteiger partial charge on any atom is -0.464 e. The number of nitrogens with zero attached hydrogens (tertiary/aromatic N) is 3. The van der Waals surface area contributed by atoms with Gasteiger partial charge in [-0.1, -0.05) is 18.2 Å². The fourth-order valence-corrected chi connectivity index (χ4v) is 2.41. The summed E-state index contributed by atoms with van der Waals surface area (Å²) >= 11 is 1.51. The third-order valence-corrected chi connectivity index (χ3v) is 3.54. The second-order valence-electron chi connectivity index (χ2n) is 4.06. The maximum absolute atomic E-state index is 5.39. The van der Waals surface area contributed by atoms with E-state index in [0.717, 1.165) is 11.4 Å². The Morgan fingerprint density at radius 1 is 1.15 bits per heavy atom. The predicted octanol–water partition coefficient (Wildman–Crippen LogP) is 3.16. The van der Waals surface area contributed by atoms with Crippen molar-refractivity contribution in [2.24, 2.45) is 0 Å². The van der Waals surface area contributed by atoms with Gasteiger partial charge in [-0.3, -0.25) is 0 Å². The van der Waals surface area contributed by atoms with Crippen LogP contribution < -0.4 is 10.1 Å². The number of ether oxygens (including phenoxy) is 1. The van der Waals surface area contributed by atoms with Gasteiger partial charge < -0.3 is 10.1 Å². The zero-order chi connectivity index (χ0) is 14.4. The van der Waals surface area contributed by atoms with Gasteiger partial charge in [-0.05, 0) is 44.2 Å². The topological polar surface area (TPSA) is 59.9 Å². The highest BCUT2D eigenvalue weighted by atomic mass is 32.2. The number of aryl methyl sites for hydroxylation is 1. The van der Waals surface area contributed by atoms with Gasteiger partial charge in [0.25, 0.3) is 0 Å². The van der Waals surface area contributed by atoms with Gasteiger partial charge in [-0.15, -0.1) is 0 Å². The Bertz CT molecular complexity index is 553. The smallest absolute Gasteiger partial charge is 0.322 e. The van der Waals surface area contributed by atoms with Crippen LogP contribution in [0.5, 0.6) is 6.01 Å². The van der Waals surface area contributed by atoms with Crippen molar-refractivity contribution in [3.8, 4) is 6.01 Å². The highest BCUT2D eigenvalue weighted by Crippen LogP contribution is 2.28. The average molecular weight is 290 g/mol. The molecule has 0 fully saturated rings. The van der Waals surface area contributed by atoms with Crippen LogP contribution in [-0.2, 0) is 0 Å². The van der Waals surface area contributed by atoms with E-state index in [1.54, 1.807) is 0 Å². The first-order valence-electron chi connectivity index (χ1n) is 6.59. The summed E-state index contributed by atoms with van der Waals surface area (Å²) in [6.45, 7) is 7.26. The normalized spacial score (nSPS) is 10.3. The van der Waals surface area contributed by atoms with Crippen molar-refractivity contribution < 1.29 is 4.74 Å². The van der Waals surface area contributed by atoms with E-state index in [-0.39, 0.29) is 0 Å². The third-order valence-electron chi connectivity index (χ3n) is 2.50. The molecule has 0 saturated heterocycles. The maximum Gasteiger partial charge on any atom is 0.322 e. The van der Waals surface area contributed by atoms with Gasteiger partial charge in [0.15, 0.2) is 0 Å². The summed E-state index contributed by atoms with van der Waals surface area (Å²) < 4.78 is 5.39. The zero-order valence-corrected chi connectivity index (χ0v) is 12.7. The molecule has 0 bridgehead atoms. The molecule has 0 saturated carbocycles. The number of hydrogen-bond acceptors (Lipinski definition) is 6. The average Bonchev–Trinajstić information content (AvgIpc) is 2.42. The molecule has 20 heavy (non-hydrogen) atoms. The molecule has 0 atom stereocenters. The quantitative estimate of drug-likeness (QED) is 0.882. The van der Waals surface area contributed by atoms with Crippen molar-refractivity contribution in [1.82, 2.24) is 15.0 Å². The van der Waals surface area contributed by atoms with Gasteiger partial charge in [0.05, 0.1) is 6.61 Å². The van der Waals surface area contributed by atoms with Crippen LogP contribution in [-0.4, -0.2) is 28.1 Å². The first kappa shape index (κ1) is 14.6. The second-order valence-corrected chi connectivity index (χ2v) is 5.06. The summed E-state index contributed by atoms with van der Waals surface area (Å²) in [5.41, 5.74) is 1.20. The van der Waals surface area contributed by atoms with Crippen LogP contribution in [0.15, 0.2) is 34.3 Å². The molecule has 1 N–H and O–H groups in total. The standard InChI is InChI=1S/C14H18N4OS/c1-4-15-12-16-13(19-5-2)18-14(17-12)20-11-9-7-6-8-10(11)3/h6-9H,4-5H2,1-3H3,(H,15,16,17,18). The van der Waals surface area contributed by atoms with Crippen molar-refractivity contribution in [2.75, 3.05) is 18.5 Å². The van der Waals surface area contributed by atoms with Crippen LogP contribution in [0.25, 0.3) is 0 Å². The highest BCUT2D eigenvalue weighted by molar-refractivity contribution is 7.99. The molecule has 2 rings (SSSR count). The molecule has 0 aliphatic carbocycles. The molecule has 0 spiro atoms. The minimum absolute atomic E-state index is 0.356. The van der Waals surface area contributed by atoms with E-state index in [2.05, 4.69) is 39.3 Å². The van der Waals surface area contributed by atoms with Gasteiger partial charge >= 0.3 is 6.01 Å². The Labute approximate surface area is 123 Å². The van der Waals surface area contributed by atoms with Crippen LogP contribution in [0, 0.1) is 6.92 Å². The fourth-order valence-electron chi connectivity index (χ4n) is 1.58. The summed E-state index contributed by atoms with van der Waals surface area (Å²) in [6.07, 6.45) is 0. The molecular formula is C14H18N4OS. The molecule has 1 heterocycles. The van der Waals surface area contributed by atoms with Crippen molar-refractivity contribution in [3.05, 3.63) is 29.8 Å². The van der Waals surface area contributed by atoms with E-state index < -0.39 is 0 Å². The first-order valence-corrected chi connectivity index (χ1v) is 7.40. The Kier molecular flexibility index (Phi) is 5.17. The lowest BCUT2D eigenvalue weighted by atomic mass is 10.2. The zero-order valence-electron chi connectivity index (χ0n) is 11.9. The largest absolute Gasteiger partial charge is 0.464 e. The van der Waals surface area contributed by atoms with E-state index in [9.17, 15) is 0 Å². The molecule has 6 heteroatoms. The van der Waals surface area contributed by atoms with Crippen molar-refractivity contribution >= 4 is 17.7 Å². The van der Waals surface area contributed by atoms with Crippen LogP contribution in [0.3, 0.4) is 0 Å².